The maximum atomic E-state index is 13.6. The third-order valence-corrected chi connectivity index (χ3v) is 5.22. The second kappa shape index (κ2) is 8.12. The summed E-state index contributed by atoms with van der Waals surface area (Å²) in [7, 11) is 4.14. The summed E-state index contributed by atoms with van der Waals surface area (Å²) < 4.78 is 14.5. The van der Waals surface area contributed by atoms with E-state index >= 15 is 0 Å². The molecule has 1 heterocycles. The van der Waals surface area contributed by atoms with Crippen LogP contribution in [0.2, 0.25) is 5.02 Å². The summed E-state index contributed by atoms with van der Waals surface area (Å²) in [5.74, 6) is -0.673. The van der Waals surface area contributed by atoms with Gasteiger partial charge in [-0.3, -0.25) is 9.69 Å². The van der Waals surface area contributed by atoms with E-state index in [9.17, 15) is 9.18 Å². The van der Waals surface area contributed by atoms with Crippen molar-refractivity contribution in [2.45, 2.75) is 6.42 Å². The molecule has 0 fully saturated rings. The molecule has 0 aliphatic rings. The molecule has 136 valence electrons. The quantitative estimate of drug-likeness (QED) is 0.699. The number of amides is 1. The van der Waals surface area contributed by atoms with Crippen molar-refractivity contribution in [1.82, 2.24) is 4.98 Å². The first-order valence-electron chi connectivity index (χ1n) is 8.36. The van der Waals surface area contributed by atoms with Crippen molar-refractivity contribution in [3.8, 4) is 0 Å². The van der Waals surface area contributed by atoms with Crippen LogP contribution in [0.3, 0.4) is 0 Å². The van der Waals surface area contributed by atoms with E-state index in [1.165, 1.54) is 28.4 Å². The monoisotopic (exact) mass is 392 g/mol. The van der Waals surface area contributed by atoms with E-state index in [0.29, 0.717) is 22.3 Å². The number of carbonyl (C=O) groups excluding carboxylic acids is 1. The lowest BCUT2D eigenvalue weighted by Crippen LogP contribution is -3.05. The van der Waals surface area contributed by atoms with E-state index in [2.05, 4.69) is 19.1 Å². The number of hydrogen-bond acceptors (Lipinski definition) is 3. The Morgan fingerprint density at radius 1 is 1.27 bits per heavy atom. The molecule has 0 radical (unpaired) electrons. The van der Waals surface area contributed by atoms with Gasteiger partial charge in [0, 0.05) is 23.6 Å². The Morgan fingerprint density at radius 2 is 2.08 bits per heavy atom. The molecule has 4 nitrogen and oxygen atoms in total. The van der Waals surface area contributed by atoms with Crippen LogP contribution >= 0.6 is 22.9 Å². The molecule has 0 unspecified atom stereocenters. The zero-order valence-corrected chi connectivity index (χ0v) is 16.2. The highest BCUT2D eigenvalue weighted by Gasteiger charge is 2.22. The van der Waals surface area contributed by atoms with Gasteiger partial charge in [-0.1, -0.05) is 29.0 Å². The molecule has 3 aromatic rings. The van der Waals surface area contributed by atoms with E-state index in [-0.39, 0.29) is 5.91 Å². The van der Waals surface area contributed by atoms with Crippen molar-refractivity contribution in [3.63, 3.8) is 0 Å². The number of benzene rings is 2. The lowest BCUT2D eigenvalue weighted by atomic mass is 10.2. The SMILES string of the molecule is C[NH+](C)CCCN(C(=O)c1cccc(F)c1)c1nc2ccc(Cl)cc2s1. The highest BCUT2D eigenvalue weighted by atomic mass is 35.5. The summed E-state index contributed by atoms with van der Waals surface area (Å²) in [6.45, 7) is 1.44. The number of thiazole rings is 1. The lowest BCUT2D eigenvalue weighted by molar-refractivity contribution is -0.858. The van der Waals surface area contributed by atoms with Gasteiger partial charge in [-0.15, -0.1) is 0 Å². The number of carbonyl (C=O) groups is 1. The number of aromatic nitrogens is 1. The van der Waals surface area contributed by atoms with Gasteiger partial charge in [0.25, 0.3) is 5.91 Å². The molecule has 0 bridgehead atoms. The minimum atomic E-state index is -0.426. The summed E-state index contributed by atoms with van der Waals surface area (Å²) >= 11 is 7.47. The number of rotatable bonds is 6. The number of quaternary nitrogens is 1. The fourth-order valence-electron chi connectivity index (χ4n) is 2.65. The zero-order valence-electron chi connectivity index (χ0n) is 14.6. The zero-order chi connectivity index (χ0) is 18.7. The predicted molar refractivity (Wildman–Crippen MR) is 105 cm³/mol. The normalized spacial score (nSPS) is 11.3. The summed E-state index contributed by atoms with van der Waals surface area (Å²) in [5, 5.41) is 1.23. The third kappa shape index (κ3) is 4.38. The highest BCUT2D eigenvalue weighted by molar-refractivity contribution is 7.22. The summed E-state index contributed by atoms with van der Waals surface area (Å²) in [4.78, 5) is 20.5. The van der Waals surface area contributed by atoms with Gasteiger partial charge in [0.05, 0.1) is 30.9 Å². The van der Waals surface area contributed by atoms with Crippen LogP contribution in [0.1, 0.15) is 16.8 Å². The van der Waals surface area contributed by atoms with Gasteiger partial charge in [0.2, 0.25) is 0 Å². The first-order chi connectivity index (χ1) is 12.4. The van der Waals surface area contributed by atoms with Crippen LogP contribution in [0.4, 0.5) is 9.52 Å². The van der Waals surface area contributed by atoms with E-state index in [1.807, 2.05) is 12.1 Å². The highest BCUT2D eigenvalue weighted by Crippen LogP contribution is 2.31. The van der Waals surface area contributed by atoms with Crippen molar-refractivity contribution >= 4 is 44.2 Å². The Kier molecular flexibility index (Phi) is 5.86. The van der Waals surface area contributed by atoms with Crippen LogP contribution in [0.25, 0.3) is 10.2 Å². The lowest BCUT2D eigenvalue weighted by Gasteiger charge is -2.20. The van der Waals surface area contributed by atoms with Crippen LogP contribution in [0, 0.1) is 5.82 Å². The summed E-state index contributed by atoms with van der Waals surface area (Å²) in [6, 6.07) is 11.2. The fourth-order valence-corrected chi connectivity index (χ4v) is 3.92. The number of nitrogens with one attached hydrogen (secondary N) is 1. The maximum Gasteiger partial charge on any atom is 0.260 e. The standard InChI is InChI=1S/C19H19ClFN3OS/c1-23(2)9-4-10-24(18(25)13-5-3-6-15(21)11-13)19-22-16-8-7-14(20)12-17(16)26-19/h3,5-8,11-12H,4,9-10H2,1-2H3/p+1. The number of nitrogens with zero attached hydrogens (tertiary/aromatic N) is 2. The first-order valence-corrected chi connectivity index (χ1v) is 9.56. The van der Waals surface area contributed by atoms with E-state index in [4.69, 9.17) is 11.6 Å². The van der Waals surface area contributed by atoms with Crippen LogP contribution in [-0.4, -0.2) is 38.1 Å². The van der Waals surface area contributed by atoms with Crippen molar-refractivity contribution in [3.05, 3.63) is 58.9 Å². The predicted octanol–water partition coefficient (Wildman–Crippen LogP) is 3.27. The molecule has 0 atom stereocenters. The van der Waals surface area contributed by atoms with Gasteiger partial charge in [0.15, 0.2) is 5.13 Å². The average molecular weight is 393 g/mol. The minimum absolute atomic E-state index is 0.247. The smallest absolute Gasteiger partial charge is 0.260 e. The molecule has 3 rings (SSSR count). The molecule has 0 spiro atoms. The maximum absolute atomic E-state index is 13.6. The van der Waals surface area contributed by atoms with Crippen molar-refractivity contribution in [2.75, 3.05) is 32.1 Å². The van der Waals surface area contributed by atoms with Crippen LogP contribution < -0.4 is 9.80 Å². The Hall–Kier alpha value is -2.02. The molecule has 7 heteroatoms. The number of fused-ring (bicyclic) bond motifs is 1. The molecule has 0 aliphatic carbocycles. The molecule has 0 aliphatic heterocycles. The Balaban J connectivity index is 1.94. The van der Waals surface area contributed by atoms with Gasteiger partial charge >= 0.3 is 0 Å². The number of hydrogen-bond donors (Lipinski definition) is 1. The van der Waals surface area contributed by atoms with Gasteiger partial charge in [-0.05, 0) is 36.4 Å². The Bertz CT molecular complexity index is 928. The molecule has 0 saturated heterocycles. The van der Waals surface area contributed by atoms with Crippen LogP contribution in [-0.2, 0) is 0 Å². The van der Waals surface area contributed by atoms with Crippen molar-refractivity contribution in [1.29, 1.82) is 0 Å². The summed E-state index contributed by atoms with van der Waals surface area (Å²) in [5.41, 5.74) is 1.11. The molecule has 1 aromatic heterocycles. The number of anilines is 1. The summed E-state index contributed by atoms with van der Waals surface area (Å²) in [6.07, 6.45) is 0.820. The van der Waals surface area contributed by atoms with Gasteiger partial charge in [-0.25, -0.2) is 9.37 Å². The molecule has 0 saturated carbocycles. The van der Waals surface area contributed by atoms with Gasteiger partial charge in [0.1, 0.15) is 5.82 Å². The van der Waals surface area contributed by atoms with Crippen molar-refractivity contribution in [2.24, 2.45) is 0 Å². The van der Waals surface area contributed by atoms with Gasteiger partial charge in [-0.2, -0.15) is 0 Å². The third-order valence-electron chi connectivity index (χ3n) is 3.95. The molecular formula is C19H20ClFN3OS+. The second-order valence-electron chi connectivity index (χ2n) is 6.39. The van der Waals surface area contributed by atoms with Crippen LogP contribution in [0.5, 0.6) is 0 Å². The molecular weight excluding hydrogens is 373 g/mol. The van der Waals surface area contributed by atoms with E-state index in [0.717, 1.165) is 23.2 Å². The largest absolute Gasteiger partial charge is 0.340 e. The number of halogens is 2. The molecule has 1 amide bonds. The van der Waals surface area contributed by atoms with Crippen molar-refractivity contribution < 1.29 is 14.1 Å². The topological polar surface area (TPSA) is 37.6 Å². The first kappa shape index (κ1) is 18.8. The van der Waals surface area contributed by atoms with E-state index in [1.54, 1.807) is 23.1 Å². The average Bonchev–Trinajstić information content (AvgIpc) is 3.00. The minimum Gasteiger partial charge on any atom is -0.340 e. The molecule has 1 N–H and O–H groups in total. The van der Waals surface area contributed by atoms with E-state index < -0.39 is 5.82 Å². The molecule has 2 aromatic carbocycles. The van der Waals surface area contributed by atoms with Crippen LogP contribution in [0.15, 0.2) is 42.5 Å². The molecule has 26 heavy (non-hydrogen) atoms. The Labute approximate surface area is 160 Å². The Morgan fingerprint density at radius 3 is 2.81 bits per heavy atom. The second-order valence-corrected chi connectivity index (χ2v) is 7.83. The van der Waals surface area contributed by atoms with Gasteiger partial charge < -0.3 is 4.90 Å². The fraction of sp³-hybridized carbons (Fsp3) is 0.263.